The molecule has 0 bridgehead atoms. The standard InChI is InChI=1S/C21H26F2N4O2/c1-24-21(26-14-17-10-6-7-11-18(17)29-20(22)23)25-13-12-19(28)27(2)15-16-8-4-3-5-9-16/h3-11,20H,12-15H2,1-2H3,(H2,24,25,26). The van der Waals surface area contributed by atoms with Gasteiger partial charge in [0.05, 0.1) is 0 Å². The molecule has 156 valence electrons. The van der Waals surface area contributed by atoms with Crippen molar-refractivity contribution in [3.8, 4) is 5.75 Å². The van der Waals surface area contributed by atoms with Crippen LogP contribution in [0.3, 0.4) is 0 Å². The molecule has 0 spiro atoms. The molecule has 0 saturated heterocycles. The van der Waals surface area contributed by atoms with E-state index < -0.39 is 6.61 Å². The number of carbonyl (C=O) groups excluding carboxylic acids is 1. The van der Waals surface area contributed by atoms with Gasteiger partial charge in [-0.25, -0.2) is 0 Å². The summed E-state index contributed by atoms with van der Waals surface area (Å²) in [5.41, 5.74) is 1.65. The summed E-state index contributed by atoms with van der Waals surface area (Å²) in [7, 11) is 3.36. The highest BCUT2D eigenvalue weighted by molar-refractivity contribution is 5.81. The maximum Gasteiger partial charge on any atom is 0.387 e. The Balaban J connectivity index is 1.77. The van der Waals surface area contributed by atoms with Crippen LogP contribution in [0, 0.1) is 0 Å². The topological polar surface area (TPSA) is 66.0 Å². The van der Waals surface area contributed by atoms with E-state index in [1.54, 1.807) is 37.2 Å². The first-order valence-electron chi connectivity index (χ1n) is 9.24. The van der Waals surface area contributed by atoms with Gasteiger partial charge >= 0.3 is 6.61 Å². The predicted molar refractivity (Wildman–Crippen MR) is 109 cm³/mol. The van der Waals surface area contributed by atoms with Crippen LogP contribution in [0.1, 0.15) is 17.5 Å². The van der Waals surface area contributed by atoms with E-state index in [4.69, 9.17) is 0 Å². The Morgan fingerprint density at radius 1 is 1.10 bits per heavy atom. The van der Waals surface area contributed by atoms with Gasteiger partial charge in [0, 0.05) is 45.7 Å². The number of para-hydroxylation sites is 1. The van der Waals surface area contributed by atoms with Gasteiger partial charge in [0.2, 0.25) is 5.91 Å². The number of rotatable bonds is 9. The number of alkyl halides is 2. The van der Waals surface area contributed by atoms with E-state index in [1.807, 2.05) is 30.3 Å². The second-order valence-electron chi connectivity index (χ2n) is 6.32. The highest BCUT2D eigenvalue weighted by atomic mass is 19.3. The van der Waals surface area contributed by atoms with Gasteiger partial charge in [-0.05, 0) is 11.6 Å². The molecule has 2 N–H and O–H groups in total. The molecular weight excluding hydrogens is 378 g/mol. The van der Waals surface area contributed by atoms with Gasteiger partial charge < -0.3 is 20.3 Å². The minimum Gasteiger partial charge on any atom is -0.434 e. The Kier molecular flexibility index (Phi) is 8.88. The molecule has 29 heavy (non-hydrogen) atoms. The third kappa shape index (κ3) is 7.77. The van der Waals surface area contributed by atoms with E-state index in [1.165, 1.54) is 6.07 Å². The van der Waals surface area contributed by atoms with Crippen LogP contribution in [0.5, 0.6) is 5.75 Å². The molecule has 0 aromatic heterocycles. The predicted octanol–water partition coefficient (Wildman–Crippen LogP) is 3.00. The van der Waals surface area contributed by atoms with Crippen molar-refractivity contribution < 1.29 is 18.3 Å². The monoisotopic (exact) mass is 404 g/mol. The second kappa shape index (κ2) is 11.6. The van der Waals surface area contributed by atoms with Crippen molar-refractivity contribution in [1.82, 2.24) is 15.5 Å². The first kappa shape index (κ1) is 22.1. The van der Waals surface area contributed by atoms with Gasteiger partial charge in [-0.15, -0.1) is 0 Å². The molecule has 8 heteroatoms. The van der Waals surface area contributed by atoms with Crippen molar-refractivity contribution in [3.63, 3.8) is 0 Å². The van der Waals surface area contributed by atoms with Crippen LogP contribution in [-0.2, 0) is 17.9 Å². The lowest BCUT2D eigenvalue weighted by atomic mass is 10.2. The lowest BCUT2D eigenvalue weighted by Gasteiger charge is -2.18. The van der Waals surface area contributed by atoms with Gasteiger partial charge in [0.25, 0.3) is 0 Å². The van der Waals surface area contributed by atoms with Crippen LogP contribution in [0.15, 0.2) is 59.6 Å². The average Bonchev–Trinajstić information content (AvgIpc) is 2.71. The zero-order valence-corrected chi connectivity index (χ0v) is 16.6. The van der Waals surface area contributed by atoms with Crippen molar-refractivity contribution in [2.45, 2.75) is 26.1 Å². The maximum absolute atomic E-state index is 12.5. The SMILES string of the molecule is CN=C(NCCC(=O)N(C)Cc1ccccc1)NCc1ccccc1OC(F)F. The molecule has 0 saturated carbocycles. The number of hydrogen-bond acceptors (Lipinski definition) is 3. The molecule has 0 fully saturated rings. The van der Waals surface area contributed by atoms with E-state index >= 15 is 0 Å². The second-order valence-corrected chi connectivity index (χ2v) is 6.32. The maximum atomic E-state index is 12.5. The van der Waals surface area contributed by atoms with Crippen LogP contribution < -0.4 is 15.4 Å². The molecular formula is C21H26F2N4O2. The van der Waals surface area contributed by atoms with Gasteiger partial charge in [-0.3, -0.25) is 9.79 Å². The molecule has 0 aliphatic heterocycles. The van der Waals surface area contributed by atoms with Crippen molar-refractivity contribution in [3.05, 3.63) is 65.7 Å². The third-order valence-corrected chi connectivity index (χ3v) is 4.18. The molecule has 2 aromatic rings. The van der Waals surface area contributed by atoms with Crippen molar-refractivity contribution in [1.29, 1.82) is 0 Å². The van der Waals surface area contributed by atoms with Crippen LogP contribution in [0.25, 0.3) is 0 Å². The normalized spacial score (nSPS) is 11.3. The van der Waals surface area contributed by atoms with Gasteiger partial charge in [0.1, 0.15) is 5.75 Å². The Bertz CT molecular complexity index is 800. The van der Waals surface area contributed by atoms with E-state index in [-0.39, 0.29) is 18.2 Å². The van der Waals surface area contributed by atoms with E-state index in [9.17, 15) is 13.6 Å². The van der Waals surface area contributed by atoms with Crippen LogP contribution in [0.4, 0.5) is 8.78 Å². The van der Waals surface area contributed by atoms with Crippen molar-refractivity contribution in [2.24, 2.45) is 4.99 Å². The Morgan fingerprint density at radius 2 is 1.79 bits per heavy atom. The largest absolute Gasteiger partial charge is 0.434 e. The summed E-state index contributed by atoms with van der Waals surface area (Å²) in [5, 5.41) is 6.08. The highest BCUT2D eigenvalue weighted by Gasteiger charge is 2.11. The van der Waals surface area contributed by atoms with Gasteiger partial charge in [-0.1, -0.05) is 48.5 Å². The Labute approximate surface area is 169 Å². The van der Waals surface area contributed by atoms with Gasteiger partial charge in [-0.2, -0.15) is 8.78 Å². The number of hydrogen-bond donors (Lipinski definition) is 2. The number of benzene rings is 2. The van der Waals surface area contributed by atoms with Crippen molar-refractivity contribution in [2.75, 3.05) is 20.6 Å². The summed E-state index contributed by atoms with van der Waals surface area (Å²) in [4.78, 5) is 18.0. The molecule has 0 heterocycles. The molecule has 2 rings (SSSR count). The highest BCUT2D eigenvalue weighted by Crippen LogP contribution is 2.19. The van der Waals surface area contributed by atoms with Crippen molar-refractivity contribution >= 4 is 11.9 Å². The number of halogens is 2. The zero-order valence-electron chi connectivity index (χ0n) is 16.6. The number of amides is 1. The lowest BCUT2D eigenvalue weighted by Crippen LogP contribution is -2.39. The smallest absolute Gasteiger partial charge is 0.387 e. The fourth-order valence-corrected chi connectivity index (χ4v) is 2.68. The number of nitrogens with zero attached hydrogens (tertiary/aromatic N) is 2. The number of guanidine groups is 1. The number of nitrogens with one attached hydrogen (secondary N) is 2. The fraction of sp³-hybridized carbons (Fsp3) is 0.333. The summed E-state index contributed by atoms with van der Waals surface area (Å²) in [6.45, 7) is -1.68. The zero-order chi connectivity index (χ0) is 21.1. The minimum atomic E-state index is -2.88. The van der Waals surface area contributed by atoms with E-state index in [0.717, 1.165) is 5.56 Å². The van der Waals surface area contributed by atoms with Gasteiger partial charge in [0.15, 0.2) is 5.96 Å². The number of carbonyl (C=O) groups is 1. The average molecular weight is 404 g/mol. The molecule has 0 atom stereocenters. The molecule has 2 aromatic carbocycles. The number of ether oxygens (including phenoxy) is 1. The Hall–Kier alpha value is -3.16. The summed E-state index contributed by atoms with van der Waals surface area (Å²) >= 11 is 0. The first-order valence-corrected chi connectivity index (χ1v) is 9.24. The third-order valence-electron chi connectivity index (χ3n) is 4.18. The summed E-state index contributed by atoms with van der Waals surface area (Å²) in [6.07, 6.45) is 0.301. The molecule has 0 radical (unpaired) electrons. The van der Waals surface area contributed by atoms with Crippen LogP contribution >= 0.6 is 0 Å². The quantitative estimate of drug-likeness (QED) is 0.498. The summed E-state index contributed by atoms with van der Waals surface area (Å²) in [6, 6.07) is 16.3. The summed E-state index contributed by atoms with van der Waals surface area (Å²) < 4.78 is 29.5. The molecule has 0 unspecified atom stereocenters. The molecule has 0 aliphatic carbocycles. The summed E-state index contributed by atoms with van der Waals surface area (Å²) in [5.74, 6) is 0.589. The van der Waals surface area contributed by atoms with Crippen LogP contribution in [-0.4, -0.2) is 44.0 Å². The Morgan fingerprint density at radius 3 is 2.48 bits per heavy atom. The lowest BCUT2D eigenvalue weighted by molar-refractivity contribution is -0.130. The molecule has 1 amide bonds. The fourth-order valence-electron chi connectivity index (χ4n) is 2.68. The molecule has 0 aliphatic rings. The van der Waals surface area contributed by atoms with E-state index in [2.05, 4.69) is 20.4 Å². The number of aliphatic imine (C=N–C) groups is 1. The van der Waals surface area contributed by atoms with E-state index in [0.29, 0.717) is 31.0 Å². The minimum absolute atomic E-state index is 0.00693. The molecule has 6 nitrogen and oxygen atoms in total. The first-order chi connectivity index (χ1) is 14.0. The van der Waals surface area contributed by atoms with Crippen LogP contribution in [0.2, 0.25) is 0 Å².